The van der Waals surface area contributed by atoms with E-state index in [-0.39, 0.29) is 0 Å². The van der Waals surface area contributed by atoms with Crippen molar-refractivity contribution in [2.24, 2.45) is 0 Å². The van der Waals surface area contributed by atoms with Crippen LogP contribution in [0.15, 0.2) is 30.5 Å². The minimum Gasteiger partial charge on any atom is -0.399 e. The summed E-state index contributed by atoms with van der Waals surface area (Å²) in [5.74, 6) is 0. The number of aryl methyl sites for hydroxylation is 1. The number of anilines is 1. The molecule has 3 heteroatoms. The number of fused-ring (bicyclic) bond motifs is 1. The molecule has 0 aliphatic carbocycles. The van der Waals surface area contributed by atoms with E-state index < -0.39 is 0 Å². The van der Waals surface area contributed by atoms with Gasteiger partial charge in [0.2, 0.25) is 0 Å². The molecule has 0 bridgehead atoms. The Bertz CT molecular complexity index is 462. The first-order valence-electron chi connectivity index (χ1n) is 5.64. The predicted octanol–water partition coefficient (Wildman–Crippen LogP) is 2.65. The Morgan fingerprint density at radius 2 is 2.12 bits per heavy atom. The van der Waals surface area contributed by atoms with Gasteiger partial charge < -0.3 is 15.0 Å². The number of aromatic nitrogens is 1. The van der Waals surface area contributed by atoms with Crippen LogP contribution in [0, 0.1) is 0 Å². The van der Waals surface area contributed by atoms with E-state index in [1.54, 1.807) is 7.11 Å². The lowest BCUT2D eigenvalue weighted by atomic mass is 10.2. The van der Waals surface area contributed by atoms with Crippen LogP contribution in [0.3, 0.4) is 0 Å². The number of nitrogen functional groups attached to an aromatic ring is 1. The zero-order chi connectivity index (χ0) is 11.4. The Morgan fingerprint density at radius 1 is 1.25 bits per heavy atom. The molecule has 1 aromatic carbocycles. The lowest BCUT2D eigenvalue weighted by Gasteiger charge is -2.05. The van der Waals surface area contributed by atoms with Crippen molar-refractivity contribution in [3.05, 3.63) is 30.5 Å². The molecule has 1 heterocycles. The number of unbranched alkanes of at least 4 members (excludes halogenated alkanes) is 1. The average molecular weight is 218 g/mol. The Kier molecular flexibility index (Phi) is 3.47. The number of benzene rings is 1. The summed E-state index contributed by atoms with van der Waals surface area (Å²) in [6, 6.07) is 8.16. The van der Waals surface area contributed by atoms with Crippen molar-refractivity contribution in [3.8, 4) is 0 Å². The van der Waals surface area contributed by atoms with Gasteiger partial charge in [-0.3, -0.25) is 0 Å². The second kappa shape index (κ2) is 5.03. The molecular formula is C13H18N2O. The zero-order valence-corrected chi connectivity index (χ0v) is 9.65. The van der Waals surface area contributed by atoms with Gasteiger partial charge in [-0.1, -0.05) is 0 Å². The Balaban J connectivity index is 2.07. The highest BCUT2D eigenvalue weighted by atomic mass is 16.5. The molecule has 2 N–H and O–H groups in total. The minimum atomic E-state index is 0.824. The SMILES string of the molecule is COCCCCn1ccc2cc(N)ccc21. The van der Waals surface area contributed by atoms with Crippen LogP contribution in [0.2, 0.25) is 0 Å². The van der Waals surface area contributed by atoms with Gasteiger partial charge in [0.1, 0.15) is 0 Å². The molecule has 0 spiro atoms. The highest BCUT2D eigenvalue weighted by molar-refractivity contribution is 5.83. The summed E-state index contributed by atoms with van der Waals surface area (Å²) in [5, 5.41) is 1.21. The van der Waals surface area contributed by atoms with E-state index in [2.05, 4.69) is 22.9 Å². The molecule has 3 nitrogen and oxygen atoms in total. The standard InChI is InChI=1S/C13H18N2O/c1-16-9-3-2-7-15-8-6-11-10-12(14)4-5-13(11)15/h4-6,8,10H,2-3,7,9,14H2,1H3. The topological polar surface area (TPSA) is 40.2 Å². The quantitative estimate of drug-likeness (QED) is 0.619. The van der Waals surface area contributed by atoms with Crippen LogP contribution in [0.1, 0.15) is 12.8 Å². The van der Waals surface area contributed by atoms with Crippen molar-refractivity contribution in [1.29, 1.82) is 0 Å². The van der Waals surface area contributed by atoms with E-state index >= 15 is 0 Å². The van der Waals surface area contributed by atoms with Crippen LogP contribution in [0.4, 0.5) is 5.69 Å². The highest BCUT2D eigenvalue weighted by Crippen LogP contribution is 2.19. The summed E-state index contributed by atoms with van der Waals surface area (Å²) >= 11 is 0. The van der Waals surface area contributed by atoms with Crippen molar-refractivity contribution < 1.29 is 4.74 Å². The first kappa shape index (κ1) is 11.0. The minimum absolute atomic E-state index is 0.824. The lowest BCUT2D eigenvalue weighted by Crippen LogP contribution is -1.98. The summed E-state index contributed by atoms with van der Waals surface area (Å²) in [6.45, 7) is 1.88. The number of hydrogen-bond donors (Lipinski definition) is 1. The van der Waals surface area contributed by atoms with Crippen molar-refractivity contribution >= 4 is 16.6 Å². The smallest absolute Gasteiger partial charge is 0.0481 e. The summed E-state index contributed by atoms with van der Waals surface area (Å²) in [7, 11) is 1.74. The van der Waals surface area contributed by atoms with Gasteiger partial charge in [-0.25, -0.2) is 0 Å². The molecule has 2 rings (SSSR count). The lowest BCUT2D eigenvalue weighted by molar-refractivity contribution is 0.191. The third kappa shape index (κ3) is 2.36. The molecule has 0 atom stereocenters. The number of ether oxygens (including phenoxy) is 1. The van der Waals surface area contributed by atoms with E-state index in [1.165, 1.54) is 10.9 Å². The molecule has 0 aliphatic heterocycles. The molecule has 0 aliphatic rings. The van der Waals surface area contributed by atoms with Gasteiger partial charge in [0.15, 0.2) is 0 Å². The van der Waals surface area contributed by atoms with Crippen molar-refractivity contribution in [1.82, 2.24) is 4.57 Å². The van der Waals surface area contributed by atoms with Crippen LogP contribution in [-0.2, 0) is 11.3 Å². The summed E-state index contributed by atoms with van der Waals surface area (Å²) < 4.78 is 7.31. The maximum absolute atomic E-state index is 5.75. The van der Waals surface area contributed by atoms with Gasteiger partial charge in [-0.05, 0) is 37.1 Å². The van der Waals surface area contributed by atoms with E-state index in [0.29, 0.717) is 0 Å². The maximum Gasteiger partial charge on any atom is 0.0481 e. The highest BCUT2D eigenvalue weighted by Gasteiger charge is 2.00. The van der Waals surface area contributed by atoms with Gasteiger partial charge in [-0.2, -0.15) is 0 Å². The predicted molar refractivity (Wildman–Crippen MR) is 67.5 cm³/mol. The van der Waals surface area contributed by atoms with Crippen molar-refractivity contribution in [2.75, 3.05) is 19.5 Å². The van der Waals surface area contributed by atoms with E-state index in [0.717, 1.165) is 31.7 Å². The van der Waals surface area contributed by atoms with Crippen molar-refractivity contribution in [2.45, 2.75) is 19.4 Å². The van der Waals surface area contributed by atoms with Gasteiger partial charge in [0, 0.05) is 43.0 Å². The zero-order valence-electron chi connectivity index (χ0n) is 9.65. The first-order chi connectivity index (χ1) is 7.81. The van der Waals surface area contributed by atoms with E-state index in [1.807, 2.05) is 12.1 Å². The molecule has 0 radical (unpaired) electrons. The summed E-state index contributed by atoms with van der Waals surface area (Å²) in [6.07, 6.45) is 4.37. The van der Waals surface area contributed by atoms with Crippen LogP contribution < -0.4 is 5.73 Å². The molecule has 0 fully saturated rings. The molecule has 2 aromatic rings. The average Bonchev–Trinajstić information content (AvgIpc) is 2.67. The molecule has 0 unspecified atom stereocenters. The fraction of sp³-hybridized carbons (Fsp3) is 0.385. The van der Waals surface area contributed by atoms with Crippen LogP contribution in [0.5, 0.6) is 0 Å². The van der Waals surface area contributed by atoms with Crippen LogP contribution in [-0.4, -0.2) is 18.3 Å². The molecule has 86 valence electrons. The van der Waals surface area contributed by atoms with Gasteiger partial charge >= 0.3 is 0 Å². The number of nitrogens with two attached hydrogens (primary N) is 1. The van der Waals surface area contributed by atoms with Gasteiger partial charge in [0.25, 0.3) is 0 Å². The molecule has 0 saturated carbocycles. The summed E-state index contributed by atoms with van der Waals surface area (Å²) in [5.41, 5.74) is 7.83. The number of rotatable bonds is 5. The van der Waals surface area contributed by atoms with Crippen LogP contribution in [0.25, 0.3) is 10.9 Å². The molecule has 16 heavy (non-hydrogen) atoms. The van der Waals surface area contributed by atoms with Gasteiger partial charge in [-0.15, -0.1) is 0 Å². The molecular weight excluding hydrogens is 200 g/mol. The fourth-order valence-corrected chi connectivity index (χ4v) is 1.94. The Labute approximate surface area is 95.8 Å². The van der Waals surface area contributed by atoms with Gasteiger partial charge in [0.05, 0.1) is 0 Å². The van der Waals surface area contributed by atoms with Crippen molar-refractivity contribution in [3.63, 3.8) is 0 Å². The summed E-state index contributed by atoms with van der Waals surface area (Å²) in [4.78, 5) is 0. The maximum atomic E-state index is 5.75. The van der Waals surface area contributed by atoms with E-state index in [9.17, 15) is 0 Å². The normalized spacial score (nSPS) is 11.1. The van der Waals surface area contributed by atoms with E-state index in [4.69, 9.17) is 10.5 Å². The third-order valence-corrected chi connectivity index (χ3v) is 2.79. The number of hydrogen-bond acceptors (Lipinski definition) is 2. The number of methoxy groups -OCH3 is 1. The second-order valence-electron chi connectivity index (χ2n) is 4.03. The van der Waals surface area contributed by atoms with Crippen LogP contribution >= 0.6 is 0 Å². The molecule has 1 aromatic heterocycles. The Morgan fingerprint density at radius 3 is 2.94 bits per heavy atom. The second-order valence-corrected chi connectivity index (χ2v) is 4.03. The molecule has 0 saturated heterocycles. The molecule has 0 amide bonds. The monoisotopic (exact) mass is 218 g/mol. The fourth-order valence-electron chi connectivity index (χ4n) is 1.94. The first-order valence-corrected chi connectivity index (χ1v) is 5.64. The largest absolute Gasteiger partial charge is 0.399 e. The Hall–Kier alpha value is -1.48. The third-order valence-electron chi connectivity index (χ3n) is 2.79. The number of nitrogens with zero attached hydrogens (tertiary/aromatic N) is 1.